The molecule has 0 radical (unpaired) electrons. The Labute approximate surface area is 169 Å². The summed E-state index contributed by atoms with van der Waals surface area (Å²) in [4.78, 5) is 6.21. The molecule has 4 heterocycles. The first-order valence-corrected chi connectivity index (χ1v) is 12.0. The summed E-state index contributed by atoms with van der Waals surface area (Å²) in [6.07, 6.45) is 10.5. The number of nitrogens with one attached hydrogen (secondary N) is 3. The molecule has 0 aromatic rings. The average molecular weight is 395 g/mol. The molecule has 0 amide bonds. The summed E-state index contributed by atoms with van der Waals surface area (Å²) in [5.74, 6) is 1.12. The highest BCUT2D eigenvalue weighted by atomic mass is 19.1. The molecule has 160 valence electrons. The van der Waals surface area contributed by atoms with Crippen molar-refractivity contribution in [3.63, 3.8) is 0 Å². The van der Waals surface area contributed by atoms with Crippen molar-refractivity contribution >= 4 is 0 Å². The molecule has 1 aliphatic carbocycles. The number of hydrogen-bond donors (Lipinski definition) is 3. The lowest BCUT2D eigenvalue weighted by atomic mass is 9.71. The van der Waals surface area contributed by atoms with Gasteiger partial charge in [-0.3, -0.25) is 10.2 Å². The molecule has 6 heteroatoms. The quantitative estimate of drug-likeness (QED) is 0.590. The molecule has 1 saturated carbocycles. The van der Waals surface area contributed by atoms with E-state index in [9.17, 15) is 4.39 Å². The molecule has 0 aromatic heterocycles. The first-order chi connectivity index (χ1) is 13.7. The number of hydrogen-bond acceptors (Lipinski definition) is 5. The van der Waals surface area contributed by atoms with Gasteiger partial charge in [0.2, 0.25) is 0 Å². The van der Waals surface area contributed by atoms with Crippen LogP contribution in [0.3, 0.4) is 0 Å². The third-order valence-electron chi connectivity index (χ3n) is 8.34. The summed E-state index contributed by atoms with van der Waals surface area (Å²) < 4.78 is 14.4. The Bertz CT molecular complexity index is 537. The Balaban J connectivity index is 1.41. The van der Waals surface area contributed by atoms with Gasteiger partial charge in [0.05, 0.1) is 12.8 Å². The summed E-state index contributed by atoms with van der Waals surface area (Å²) in [7, 11) is 0. The molecule has 4 aliphatic heterocycles. The van der Waals surface area contributed by atoms with Crippen LogP contribution in [-0.2, 0) is 4.84 Å². The Hall–Kier alpha value is -0.270. The third-order valence-corrected chi connectivity index (χ3v) is 8.34. The van der Waals surface area contributed by atoms with E-state index < -0.39 is 6.17 Å². The number of rotatable bonds is 0. The van der Waals surface area contributed by atoms with Crippen LogP contribution in [0.4, 0.5) is 4.39 Å². The SMILES string of the molecule is C[C@H]1CCCC2CCC(F)CC2[C@@H]2CCON2C2CCC3NCCC(N1)C3N2. The second-order valence-electron chi connectivity index (χ2n) is 10.1. The van der Waals surface area contributed by atoms with Crippen LogP contribution in [0.1, 0.15) is 71.1 Å². The molecule has 7 unspecified atom stereocenters. The largest absolute Gasteiger partial charge is 0.312 e. The van der Waals surface area contributed by atoms with E-state index in [1.54, 1.807) is 0 Å². The highest BCUT2D eigenvalue weighted by Crippen LogP contribution is 2.42. The molecule has 5 aliphatic rings. The molecular weight excluding hydrogens is 355 g/mol. The lowest BCUT2D eigenvalue weighted by Gasteiger charge is -2.49. The maximum atomic E-state index is 14.4. The predicted molar refractivity (Wildman–Crippen MR) is 109 cm³/mol. The Morgan fingerprint density at radius 2 is 1.86 bits per heavy atom. The normalized spacial score (nSPS) is 50.6. The zero-order valence-corrected chi connectivity index (χ0v) is 17.4. The second-order valence-corrected chi connectivity index (χ2v) is 10.1. The summed E-state index contributed by atoms with van der Waals surface area (Å²) >= 11 is 0. The van der Waals surface area contributed by atoms with Crippen molar-refractivity contribution in [2.75, 3.05) is 13.2 Å². The van der Waals surface area contributed by atoms with Gasteiger partial charge in [-0.05, 0) is 76.7 Å². The van der Waals surface area contributed by atoms with Crippen LogP contribution in [-0.4, -0.2) is 60.8 Å². The van der Waals surface area contributed by atoms with Crippen molar-refractivity contribution in [2.45, 2.75) is 114 Å². The van der Waals surface area contributed by atoms with E-state index in [1.807, 2.05) is 0 Å². The van der Waals surface area contributed by atoms with Gasteiger partial charge < -0.3 is 10.6 Å². The van der Waals surface area contributed by atoms with Gasteiger partial charge >= 0.3 is 0 Å². The number of hydroxylamine groups is 2. The Kier molecular flexibility index (Phi) is 5.95. The van der Waals surface area contributed by atoms with E-state index in [-0.39, 0.29) is 6.17 Å². The van der Waals surface area contributed by atoms with Crippen molar-refractivity contribution in [1.82, 2.24) is 21.0 Å². The topological polar surface area (TPSA) is 48.6 Å². The monoisotopic (exact) mass is 394 g/mol. The van der Waals surface area contributed by atoms with Gasteiger partial charge in [-0.1, -0.05) is 12.8 Å². The first-order valence-electron chi connectivity index (χ1n) is 12.0. The van der Waals surface area contributed by atoms with E-state index in [2.05, 4.69) is 27.9 Å². The minimum absolute atomic E-state index is 0.273. The van der Waals surface area contributed by atoms with Crippen molar-refractivity contribution in [3.8, 4) is 0 Å². The summed E-state index contributed by atoms with van der Waals surface area (Å²) in [6.45, 7) is 4.27. The maximum Gasteiger partial charge on any atom is 0.100 e. The van der Waals surface area contributed by atoms with E-state index in [0.29, 0.717) is 42.0 Å². The van der Waals surface area contributed by atoms with E-state index in [1.165, 1.54) is 32.1 Å². The maximum absolute atomic E-state index is 14.4. The van der Waals surface area contributed by atoms with E-state index in [4.69, 9.17) is 4.84 Å². The van der Waals surface area contributed by atoms with Gasteiger partial charge in [-0.15, -0.1) is 0 Å². The predicted octanol–water partition coefficient (Wildman–Crippen LogP) is 2.72. The van der Waals surface area contributed by atoms with Gasteiger partial charge in [-0.25, -0.2) is 4.39 Å². The van der Waals surface area contributed by atoms with Gasteiger partial charge in [0, 0.05) is 30.2 Å². The smallest absolute Gasteiger partial charge is 0.100 e. The van der Waals surface area contributed by atoms with Crippen LogP contribution in [0.2, 0.25) is 0 Å². The van der Waals surface area contributed by atoms with Crippen LogP contribution in [0.15, 0.2) is 0 Å². The van der Waals surface area contributed by atoms with Crippen molar-refractivity contribution < 1.29 is 9.23 Å². The molecule has 0 spiro atoms. The zero-order valence-electron chi connectivity index (χ0n) is 17.4. The Morgan fingerprint density at radius 3 is 2.79 bits per heavy atom. The highest BCUT2D eigenvalue weighted by molar-refractivity contribution is 5.02. The molecule has 5 fully saturated rings. The van der Waals surface area contributed by atoms with Gasteiger partial charge in [0.1, 0.15) is 6.17 Å². The summed E-state index contributed by atoms with van der Waals surface area (Å²) in [5, 5.41) is 14.0. The minimum atomic E-state index is -0.615. The van der Waals surface area contributed by atoms with Crippen LogP contribution < -0.4 is 16.0 Å². The number of piperidine rings is 2. The summed E-state index contributed by atoms with van der Waals surface area (Å²) in [6, 6.07) is 2.48. The molecular formula is C22H39FN4O. The number of nitrogens with zero attached hydrogens (tertiary/aromatic N) is 1. The Morgan fingerprint density at radius 1 is 0.929 bits per heavy atom. The molecule has 4 saturated heterocycles. The number of alkyl halides is 1. The molecule has 5 nitrogen and oxygen atoms in total. The molecule has 28 heavy (non-hydrogen) atoms. The zero-order chi connectivity index (χ0) is 19.1. The van der Waals surface area contributed by atoms with Crippen LogP contribution in [0.25, 0.3) is 0 Å². The van der Waals surface area contributed by atoms with Gasteiger partial charge in [0.15, 0.2) is 0 Å². The van der Waals surface area contributed by atoms with Crippen LogP contribution in [0, 0.1) is 11.8 Å². The van der Waals surface area contributed by atoms with Crippen LogP contribution in [0.5, 0.6) is 0 Å². The lowest BCUT2D eigenvalue weighted by molar-refractivity contribution is -0.195. The molecule has 2 bridgehead atoms. The van der Waals surface area contributed by atoms with Gasteiger partial charge in [-0.2, -0.15) is 5.06 Å². The lowest BCUT2D eigenvalue weighted by Crippen LogP contribution is -2.70. The molecule has 9 atom stereocenters. The standard InChI is InChI=1S/C22H39FN4O/c1-14-3-2-4-15-5-6-16(23)13-17(15)20-10-12-28-27(20)21-8-7-18-22(26-21)19(25-14)9-11-24-18/h14-22,24-26H,2-13H2,1H3/t14-,15?,16?,17?,18?,19?,20-,21?,22?/m0/s1. The first kappa shape index (κ1) is 19.7. The summed E-state index contributed by atoms with van der Waals surface area (Å²) in [5.41, 5.74) is 0. The third kappa shape index (κ3) is 3.87. The van der Waals surface area contributed by atoms with Gasteiger partial charge in [0.25, 0.3) is 0 Å². The minimum Gasteiger partial charge on any atom is -0.312 e. The molecule has 5 rings (SSSR count). The fourth-order valence-corrected chi connectivity index (χ4v) is 6.96. The second kappa shape index (κ2) is 8.46. The number of halogens is 1. The van der Waals surface area contributed by atoms with Crippen molar-refractivity contribution in [3.05, 3.63) is 0 Å². The van der Waals surface area contributed by atoms with E-state index in [0.717, 1.165) is 45.3 Å². The molecule has 0 aromatic carbocycles. The van der Waals surface area contributed by atoms with Crippen molar-refractivity contribution in [2.24, 2.45) is 11.8 Å². The van der Waals surface area contributed by atoms with Crippen LogP contribution >= 0.6 is 0 Å². The number of fused-ring (bicyclic) bond motifs is 5. The highest BCUT2D eigenvalue weighted by Gasteiger charge is 2.46. The fraction of sp³-hybridized carbons (Fsp3) is 1.00. The van der Waals surface area contributed by atoms with E-state index >= 15 is 0 Å². The molecule has 3 N–H and O–H groups in total. The fourth-order valence-electron chi connectivity index (χ4n) is 6.96. The van der Waals surface area contributed by atoms with Crippen molar-refractivity contribution in [1.29, 1.82) is 0 Å². The average Bonchev–Trinajstić information content (AvgIpc) is 3.18.